The van der Waals surface area contributed by atoms with Crippen LogP contribution in [0.2, 0.25) is 5.02 Å². The average Bonchev–Trinajstić information content (AvgIpc) is 3.44. The zero-order chi connectivity index (χ0) is 20.3. The van der Waals surface area contributed by atoms with Crippen LogP contribution < -0.4 is 14.8 Å². The molecular formula is C20H23ClN2O4S. The molecule has 1 aliphatic rings. The molecule has 1 saturated carbocycles. The van der Waals surface area contributed by atoms with E-state index in [1.165, 1.54) is 6.07 Å². The molecule has 1 aliphatic carbocycles. The lowest BCUT2D eigenvalue weighted by atomic mass is 10.1. The van der Waals surface area contributed by atoms with Gasteiger partial charge in [0.25, 0.3) is 5.91 Å². The molecule has 6 nitrogen and oxygen atoms in total. The van der Waals surface area contributed by atoms with E-state index in [-0.39, 0.29) is 29.5 Å². The first-order chi connectivity index (χ1) is 13.2. The molecule has 150 valence electrons. The summed E-state index contributed by atoms with van der Waals surface area (Å²) in [5.74, 6) is 0.202. The minimum Gasteiger partial charge on any atom is -0.484 e. The van der Waals surface area contributed by atoms with Gasteiger partial charge in [-0.25, -0.2) is 13.1 Å². The van der Waals surface area contributed by atoms with Crippen molar-refractivity contribution in [3.63, 3.8) is 0 Å². The summed E-state index contributed by atoms with van der Waals surface area (Å²) in [6.45, 7) is 3.46. The van der Waals surface area contributed by atoms with Crippen LogP contribution in [0, 0.1) is 6.92 Å². The van der Waals surface area contributed by atoms with E-state index in [0.29, 0.717) is 16.3 Å². The van der Waals surface area contributed by atoms with Gasteiger partial charge in [0.15, 0.2) is 6.61 Å². The molecule has 0 unspecified atom stereocenters. The molecule has 0 aliphatic heterocycles. The highest BCUT2D eigenvalue weighted by Crippen LogP contribution is 2.25. The van der Waals surface area contributed by atoms with Crippen molar-refractivity contribution in [3.8, 4) is 5.75 Å². The SMILES string of the molecule is Cc1cc(S(=O)(=O)NC2CC2)ccc1OCC(=O)N[C@@H](C)c1ccc(Cl)cc1. The second kappa shape index (κ2) is 8.51. The Kier molecular flexibility index (Phi) is 6.27. The van der Waals surface area contributed by atoms with Crippen LogP contribution in [0.15, 0.2) is 47.4 Å². The lowest BCUT2D eigenvalue weighted by Crippen LogP contribution is -2.31. The van der Waals surface area contributed by atoms with Gasteiger partial charge in [-0.3, -0.25) is 4.79 Å². The Morgan fingerprint density at radius 1 is 1.21 bits per heavy atom. The number of ether oxygens (including phenoxy) is 1. The molecule has 1 amide bonds. The highest BCUT2D eigenvalue weighted by atomic mass is 35.5. The Hall–Kier alpha value is -2.09. The van der Waals surface area contributed by atoms with Crippen molar-refractivity contribution in [1.82, 2.24) is 10.0 Å². The predicted octanol–water partition coefficient (Wildman–Crippen LogP) is 3.35. The second-order valence-electron chi connectivity index (χ2n) is 6.95. The summed E-state index contributed by atoms with van der Waals surface area (Å²) in [6.07, 6.45) is 1.76. The summed E-state index contributed by atoms with van der Waals surface area (Å²) in [5, 5.41) is 3.49. The minimum absolute atomic E-state index is 0.0487. The summed E-state index contributed by atoms with van der Waals surface area (Å²) in [5.41, 5.74) is 1.59. The van der Waals surface area contributed by atoms with Gasteiger partial charge >= 0.3 is 0 Å². The fraction of sp³-hybridized carbons (Fsp3) is 0.350. The van der Waals surface area contributed by atoms with E-state index in [0.717, 1.165) is 18.4 Å². The molecule has 0 radical (unpaired) electrons. The summed E-state index contributed by atoms with van der Waals surface area (Å²) < 4.78 is 32.7. The Bertz CT molecular complexity index is 957. The Morgan fingerprint density at radius 2 is 1.89 bits per heavy atom. The largest absolute Gasteiger partial charge is 0.484 e. The van der Waals surface area contributed by atoms with E-state index in [2.05, 4.69) is 10.0 Å². The molecule has 28 heavy (non-hydrogen) atoms. The maximum Gasteiger partial charge on any atom is 0.258 e. The van der Waals surface area contributed by atoms with Crippen molar-refractivity contribution < 1.29 is 17.9 Å². The average molecular weight is 423 g/mol. The first kappa shape index (κ1) is 20.6. The number of hydrogen-bond donors (Lipinski definition) is 2. The molecule has 0 aromatic heterocycles. The topological polar surface area (TPSA) is 84.5 Å². The van der Waals surface area contributed by atoms with Gasteiger partial charge in [0, 0.05) is 11.1 Å². The zero-order valence-electron chi connectivity index (χ0n) is 15.7. The number of hydrogen-bond acceptors (Lipinski definition) is 4. The Morgan fingerprint density at radius 3 is 2.50 bits per heavy atom. The number of nitrogens with one attached hydrogen (secondary N) is 2. The predicted molar refractivity (Wildman–Crippen MR) is 108 cm³/mol. The number of aryl methyl sites for hydroxylation is 1. The van der Waals surface area contributed by atoms with Crippen molar-refractivity contribution in [1.29, 1.82) is 0 Å². The van der Waals surface area contributed by atoms with Crippen molar-refractivity contribution in [2.75, 3.05) is 6.61 Å². The molecule has 1 atom stereocenters. The molecule has 0 heterocycles. The first-order valence-electron chi connectivity index (χ1n) is 9.05. The third kappa shape index (κ3) is 5.47. The summed E-state index contributed by atoms with van der Waals surface area (Å²) >= 11 is 5.87. The molecule has 8 heteroatoms. The second-order valence-corrected chi connectivity index (χ2v) is 9.10. The third-order valence-electron chi connectivity index (χ3n) is 4.46. The van der Waals surface area contributed by atoms with Gasteiger partial charge in [-0.05, 0) is 68.1 Å². The van der Waals surface area contributed by atoms with Crippen molar-refractivity contribution >= 4 is 27.5 Å². The van der Waals surface area contributed by atoms with Gasteiger partial charge in [-0.1, -0.05) is 23.7 Å². The number of carbonyl (C=O) groups is 1. The third-order valence-corrected chi connectivity index (χ3v) is 6.23. The van der Waals surface area contributed by atoms with E-state index in [1.54, 1.807) is 31.2 Å². The van der Waals surface area contributed by atoms with Gasteiger partial charge in [0.2, 0.25) is 10.0 Å². The minimum atomic E-state index is -3.51. The van der Waals surface area contributed by atoms with Gasteiger partial charge in [0.1, 0.15) is 5.75 Å². The summed E-state index contributed by atoms with van der Waals surface area (Å²) in [4.78, 5) is 12.4. The number of carbonyl (C=O) groups excluding carboxylic acids is 1. The van der Waals surface area contributed by atoms with Gasteiger partial charge < -0.3 is 10.1 Å². The molecule has 2 aromatic rings. The van der Waals surface area contributed by atoms with Crippen LogP contribution in [-0.4, -0.2) is 27.0 Å². The maximum absolute atomic E-state index is 12.3. The summed E-state index contributed by atoms with van der Waals surface area (Å²) in [6, 6.07) is 11.7. The van der Waals surface area contributed by atoms with Crippen LogP contribution in [0.5, 0.6) is 5.75 Å². The quantitative estimate of drug-likeness (QED) is 0.683. The molecule has 3 rings (SSSR count). The number of rotatable bonds is 8. The molecule has 0 spiro atoms. The van der Waals surface area contributed by atoms with E-state index >= 15 is 0 Å². The molecule has 2 N–H and O–H groups in total. The molecular weight excluding hydrogens is 400 g/mol. The maximum atomic E-state index is 12.3. The number of benzene rings is 2. The van der Waals surface area contributed by atoms with Gasteiger partial charge in [-0.15, -0.1) is 0 Å². The highest BCUT2D eigenvalue weighted by molar-refractivity contribution is 7.89. The van der Waals surface area contributed by atoms with Crippen molar-refractivity contribution in [2.24, 2.45) is 0 Å². The number of amides is 1. The monoisotopic (exact) mass is 422 g/mol. The van der Waals surface area contributed by atoms with Gasteiger partial charge in [0.05, 0.1) is 10.9 Å². The van der Waals surface area contributed by atoms with Crippen LogP contribution in [-0.2, 0) is 14.8 Å². The molecule has 1 fully saturated rings. The van der Waals surface area contributed by atoms with Crippen LogP contribution in [0.25, 0.3) is 0 Å². The smallest absolute Gasteiger partial charge is 0.258 e. The van der Waals surface area contributed by atoms with E-state index in [4.69, 9.17) is 16.3 Å². The Labute approximate surface area is 170 Å². The zero-order valence-corrected chi connectivity index (χ0v) is 17.3. The van der Waals surface area contributed by atoms with Gasteiger partial charge in [-0.2, -0.15) is 0 Å². The van der Waals surface area contributed by atoms with Crippen LogP contribution in [0.1, 0.15) is 36.9 Å². The number of sulfonamides is 1. The Balaban J connectivity index is 1.56. The van der Waals surface area contributed by atoms with Crippen LogP contribution >= 0.6 is 11.6 Å². The standard InChI is InChI=1S/C20H23ClN2O4S/c1-13-11-18(28(25,26)23-17-7-8-17)9-10-19(13)27-12-20(24)22-14(2)15-3-5-16(21)6-4-15/h3-6,9-11,14,17,23H,7-8,12H2,1-2H3,(H,22,24)/t14-/m0/s1. The lowest BCUT2D eigenvalue weighted by molar-refractivity contribution is -0.123. The van der Waals surface area contributed by atoms with Crippen molar-refractivity contribution in [3.05, 3.63) is 58.6 Å². The fourth-order valence-corrected chi connectivity index (χ4v) is 4.22. The molecule has 0 saturated heterocycles. The normalized spacial score (nSPS) is 15.1. The van der Waals surface area contributed by atoms with E-state index in [9.17, 15) is 13.2 Å². The fourth-order valence-electron chi connectivity index (χ4n) is 2.70. The highest BCUT2D eigenvalue weighted by Gasteiger charge is 2.28. The lowest BCUT2D eigenvalue weighted by Gasteiger charge is -2.16. The molecule has 0 bridgehead atoms. The van der Waals surface area contributed by atoms with Crippen LogP contribution in [0.4, 0.5) is 0 Å². The van der Waals surface area contributed by atoms with Crippen LogP contribution in [0.3, 0.4) is 0 Å². The first-order valence-corrected chi connectivity index (χ1v) is 10.9. The van der Waals surface area contributed by atoms with Crippen molar-refractivity contribution in [2.45, 2.75) is 43.7 Å². The van der Waals surface area contributed by atoms with E-state index < -0.39 is 10.0 Å². The molecule has 2 aromatic carbocycles. The number of halogens is 1. The van der Waals surface area contributed by atoms with E-state index in [1.807, 2.05) is 19.1 Å². The summed E-state index contributed by atoms with van der Waals surface area (Å²) in [7, 11) is -3.51.